The van der Waals surface area contributed by atoms with Crippen LogP contribution in [0.25, 0.3) is 0 Å². The molecule has 1 unspecified atom stereocenters. The molecular formula is C7H14O3. The predicted octanol–water partition coefficient (Wildman–Crippen LogP) is 1.18. The second-order valence-corrected chi connectivity index (χ2v) is 2.39. The van der Waals surface area contributed by atoms with Gasteiger partial charge in [-0.1, -0.05) is 13.8 Å². The number of esters is 1. The van der Waals surface area contributed by atoms with Gasteiger partial charge < -0.3 is 9.47 Å². The lowest BCUT2D eigenvalue weighted by molar-refractivity contribution is -0.173. The molecule has 0 aromatic carbocycles. The molecule has 0 saturated carbocycles. The van der Waals surface area contributed by atoms with Crippen molar-refractivity contribution in [3.8, 4) is 0 Å². The van der Waals surface area contributed by atoms with Crippen LogP contribution in [-0.4, -0.2) is 19.4 Å². The van der Waals surface area contributed by atoms with Gasteiger partial charge in [-0.25, -0.2) is 0 Å². The lowest BCUT2D eigenvalue weighted by atomic mass is 10.2. The summed E-state index contributed by atoms with van der Waals surface area (Å²) in [6.07, 6.45) is -0.435. The van der Waals surface area contributed by atoms with Crippen molar-refractivity contribution in [2.45, 2.75) is 27.1 Å². The lowest BCUT2D eigenvalue weighted by Crippen LogP contribution is -2.20. The highest BCUT2D eigenvalue weighted by atomic mass is 16.7. The van der Waals surface area contributed by atoms with Gasteiger partial charge in [0.25, 0.3) is 0 Å². The van der Waals surface area contributed by atoms with Gasteiger partial charge in [-0.15, -0.1) is 0 Å². The SMILES string of the molecule is COC(C)OC(=O)C(C)C. The number of hydrogen-bond acceptors (Lipinski definition) is 3. The first-order chi connectivity index (χ1) is 4.57. The van der Waals surface area contributed by atoms with Crippen molar-refractivity contribution in [3.63, 3.8) is 0 Å². The molecular weight excluding hydrogens is 132 g/mol. The lowest BCUT2D eigenvalue weighted by Gasteiger charge is -2.12. The molecule has 0 aliphatic carbocycles. The Kier molecular flexibility index (Phi) is 4.03. The van der Waals surface area contributed by atoms with Crippen LogP contribution in [0.15, 0.2) is 0 Å². The van der Waals surface area contributed by atoms with Crippen LogP contribution in [0.5, 0.6) is 0 Å². The summed E-state index contributed by atoms with van der Waals surface area (Å²) in [5.74, 6) is -0.313. The Morgan fingerprint density at radius 3 is 2.10 bits per heavy atom. The second kappa shape index (κ2) is 4.28. The van der Waals surface area contributed by atoms with Crippen LogP contribution in [0.2, 0.25) is 0 Å². The normalized spacial score (nSPS) is 13.3. The molecule has 0 rings (SSSR count). The van der Waals surface area contributed by atoms with E-state index in [1.165, 1.54) is 7.11 Å². The molecule has 60 valence electrons. The van der Waals surface area contributed by atoms with E-state index in [1.807, 2.05) is 0 Å². The fourth-order valence-corrected chi connectivity index (χ4v) is 0.348. The van der Waals surface area contributed by atoms with Crippen LogP contribution in [0.3, 0.4) is 0 Å². The standard InChI is InChI=1S/C7H14O3/c1-5(2)7(8)10-6(3)9-4/h5-6H,1-4H3. The Labute approximate surface area is 61.3 Å². The van der Waals surface area contributed by atoms with Crippen LogP contribution in [0, 0.1) is 5.92 Å². The Morgan fingerprint density at radius 1 is 1.30 bits per heavy atom. The first-order valence-electron chi connectivity index (χ1n) is 3.31. The molecule has 1 atom stereocenters. The maximum atomic E-state index is 10.8. The number of methoxy groups -OCH3 is 1. The van der Waals surface area contributed by atoms with Crippen molar-refractivity contribution in [1.29, 1.82) is 0 Å². The van der Waals surface area contributed by atoms with E-state index in [0.29, 0.717) is 0 Å². The fourth-order valence-electron chi connectivity index (χ4n) is 0.348. The third kappa shape index (κ3) is 3.45. The summed E-state index contributed by atoms with van der Waals surface area (Å²) >= 11 is 0. The monoisotopic (exact) mass is 146 g/mol. The fraction of sp³-hybridized carbons (Fsp3) is 0.857. The zero-order chi connectivity index (χ0) is 8.15. The van der Waals surface area contributed by atoms with E-state index in [9.17, 15) is 4.79 Å². The van der Waals surface area contributed by atoms with Crippen molar-refractivity contribution in [3.05, 3.63) is 0 Å². The number of carbonyl (C=O) groups is 1. The maximum Gasteiger partial charge on any atom is 0.310 e. The highest BCUT2D eigenvalue weighted by Crippen LogP contribution is 1.99. The van der Waals surface area contributed by atoms with Gasteiger partial charge in [-0.05, 0) is 6.92 Å². The molecule has 0 spiro atoms. The van der Waals surface area contributed by atoms with Crippen molar-refractivity contribution in [2.75, 3.05) is 7.11 Å². The van der Waals surface area contributed by atoms with Gasteiger partial charge in [0.15, 0.2) is 6.29 Å². The van der Waals surface area contributed by atoms with Gasteiger partial charge in [-0.2, -0.15) is 0 Å². The minimum atomic E-state index is -0.435. The number of ether oxygens (including phenoxy) is 2. The summed E-state index contributed by atoms with van der Waals surface area (Å²) in [7, 11) is 1.50. The molecule has 0 heterocycles. The average Bonchev–Trinajstić information content (AvgIpc) is 1.87. The first-order valence-corrected chi connectivity index (χ1v) is 3.31. The van der Waals surface area contributed by atoms with Gasteiger partial charge in [0.05, 0.1) is 5.92 Å². The summed E-state index contributed by atoms with van der Waals surface area (Å²) in [6, 6.07) is 0. The smallest absolute Gasteiger partial charge is 0.310 e. The molecule has 0 aromatic heterocycles. The predicted molar refractivity (Wildman–Crippen MR) is 37.4 cm³/mol. The van der Waals surface area contributed by atoms with Gasteiger partial charge >= 0.3 is 5.97 Å². The summed E-state index contributed by atoms with van der Waals surface area (Å²) < 4.78 is 9.53. The summed E-state index contributed by atoms with van der Waals surface area (Å²) in [5, 5.41) is 0. The molecule has 0 N–H and O–H groups in total. The van der Waals surface area contributed by atoms with E-state index in [1.54, 1.807) is 20.8 Å². The van der Waals surface area contributed by atoms with E-state index >= 15 is 0 Å². The minimum absolute atomic E-state index is 0.0856. The van der Waals surface area contributed by atoms with Crippen LogP contribution >= 0.6 is 0 Å². The van der Waals surface area contributed by atoms with Gasteiger partial charge in [-0.3, -0.25) is 4.79 Å². The summed E-state index contributed by atoms with van der Waals surface area (Å²) in [4.78, 5) is 10.8. The minimum Gasteiger partial charge on any atom is -0.436 e. The molecule has 3 heteroatoms. The quantitative estimate of drug-likeness (QED) is 0.443. The zero-order valence-corrected chi connectivity index (χ0v) is 6.88. The Bertz CT molecular complexity index is 109. The zero-order valence-electron chi connectivity index (χ0n) is 6.88. The summed E-state index contributed by atoms with van der Waals surface area (Å²) in [5.41, 5.74) is 0. The molecule has 10 heavy (non-hydrogen) atoms. The first kappa shape index (κ1) is 9.43. The van der Waals surface area contributed by atoms with E-state index in [-0.39, 0.29) is 11.9 Å². The second-order valence-electron chi connectivity index (χ2n) is 2.39. The van der Waals surface area contributed by atoms with Crippen LogP contribution in [0.1, 0.15) is 20.8 Å². The third-order valence-electron chi connectivity index (χ3n) is 1.09. The maximum absolute atomic E-state index is 10.8. The molecule has 0 saturated heterocycles. The van der Waals surface area contributed by atoms with Crippen molar-refractivity contribution in [1.82, 2.24) is 0 Å². The molecule has 3 nitrogen and oxygen atoms in total. The largest absolute Gasteiger partial charge is 0.436 e. The topological polar surface area (TPSA) is 35.5 Å². The van der Waals surface area contributed by atoms with Crippen molar-refractivity contribution >= 4 is 5.97 Å². The van der Waals surface area contributed by atoms with Crippen LogP contribution in [-0.2, 0) is 14.3 Å². The molecule has 0 radical (unpaired) electrons. The number of hydrogen-bond donors (Lipinski definition) is 0. The molecule has 0 bridgehead atoms. The molecule has 0 aliphatic heterocycles. The molecule has 0 amide bonds. The summed E-state index contributed by atoms with van der Waals surface area (Å²) in [6.45, 7) is 5.25. The highest BCUT2D eigenvalue weighted by molar-refractivity contribution is 5.71. The van der Waals surface area contributed by atoms with Gasteiger partial charge in [0.2, 0.25) is 0 Å². The molecule has 0 aliphatic rings. The van der Waals surface area contributed by atoms with E-state index in [0.717, 1.165) is 0 Å². The van der Waals surface area contributed by atoms with Crippen LogP contribution in [0.4, 0.5) is 0 Å². The Balaban J connectivity index is 3.57. The third-order valence-corrected chi connectivity index (χ3v) is 1.09. The van der Waals surface area contributed by atoms with E-state index < -0.39 is 6.29 Å². The molecule has 0 aromatic rings. The van der Waals surface area contributed by atoms with Crippen LogP contribution < -0.4 is 0 Å². The van der Waals surface area contributed by atoms with Gasteiger partial charge in [0.1, 0.15) is 0 Å². The highest BCUT2D eigenvalue weighted by Gasteiger charge is 2.11. The average molecular weight is 146 g/mol. The van der Waals surface area contributed by atoms with Gasteiger partial charge in [0, 0.05) is 7.11 Å². The van der Waals surface area contributed by atoms with E-state index in [4.69, 9.17) is 9.47 Å². The van der Waals surface area contributed by atoms with Crippen molar-refractivity contribution < 1.29 is 14.3 Å². The number of carbonyl (C=O) groups excluding carboxylic acids is 1. The Hall–Kier alpha value is -0.570. The van der Waals surface area contributed by atoms with Crippen molar-refractivity contribution in [2.24, 2.45) is 5.92 Å². The Morgan fingerprint density at radius 2 is 1.80 bits per heavy atom. The number of rotatable bonds is 3. The van der Waals surface area contributed by atoms with E-state index in [2.05, 4.69) is 0 Å². The molecule has 0 fully saturated rings.